The van der Waals surface area contributed by atoms with Gasteiger partial charge in [-0.25, -0.2) is 0 Å². The molecule has 0 radical (unpaired) electrons. The predicted molar refractivity (Wildman–Crippen MR) is 98.5 cm³/mol. The molecule has 0 aliphatic heterocycles. The van der Waals surface area contributed by atoms with E-state index in [2.05, 4.69) is 70.8 Å². The minimum atomic E-state index is 0.489. The zero-order valence-electron chi connectivity index (χ0n) is 14.8. The van der Waals surface area contributed by atoms with Crippen molar-refractivity contribution in [2.75, 3.05) is 18.1 Å². The molecule has 2 heteroatoms. The van der Waals surface area contributed by atoms with Crippen molar-refractivity contribution < 1.29 is 0 Å². The number of aryl methyl sites for hydroxylation is 3. The lowest BCUT2D eigenvalue weighted by molar-refractivity contribution is 0.571. The quantitative estimate of drug-likeness (QED) is 0.610. The highest BCUT2D eigenvalue weighted by Gasteiger charge is 2.16. The second-order valence-corrected chi connectivity index (χ2v) is 7.73. The highest BCUT2D eigenvalue weighted by molar-refractivity contribution is 7.99. The first kappa shape index (κ1) is 18.6. The summed E-state index contributed by atoms with van der Waals surface area (Å²) in [4.78, 5) is 0. The molecule has 0 saturated heterocycles. The fourth-order valence-corrected chi connectivity index (χ4v) is 4.15. The van der Waals surface area contributed by atoms with Crippen LogP contribution in [-0.4, -0.2) is 18.1 Å². The molecule has 1 aromatic rings. The van der Waals surface area contributed by atoms with Crippen LogP contribution in [0.15, 0.2) is 12.1 Å². The second kappa shape index (κ2) is 9.53. The van der Waals surface area contributed by atoms with Crippen molar-refractivity contribution in [1.29, 1.82) is 0 Å². The number of hydrogen-bond donors (Lipinski definition) is 1. The molecular formula is C19H33NS. The zero-order valence-corrected chi connectivity index (χ0v) is 15.6. The van der Waals surface area contributed by atoms with E-state index < -0.39 is 0 Å². The molecule has 0 bridgehead atoms. The van der Waals surface area contributed by atoms with Gasteiger partial charge in [0, 0.05) is 11.8 Å². The van der Waals surface area contributed by atoms with Crippen LogP contribution in [0.2, 0.25) is 0 Å². The highest BCUT2D eigenvalue weighted by Crippen LogP contribution is 2.27. The molecule has 1 unspecified atom stereocenters. The van der Waals surface area contributed by atoms with Gasteiger partial charge in [0.25, 0.3) is 0 Å². The normalized spacial score (nSPS) is 12.9. The van der Waals surface area contributed by atoms with E-state index in [0.29, 0.717) is 6.04 Å². The maximum Gasteiger partial charge on any atom is 0.0417 e. The monoisotopic (exact) mass is 307 g/mol. The Balaban J connectivity index is 2.77. The van der Waals surface area contributed by atoms with Gasteiger partial charge in [0.05, 0.1) is 0 Å². The minimum absolute atomic E-state index is 0.489. The molecule has 0 aromatic heterocycles. The molecule has 1 rings (SSSR count). The SMILES string of the molecule is CCCNC(CSCCC(C)C)c1c(C)cc(C)cc1C. The smallest absolute Gasteiger partial charge is 0.0417 e. The van der Waals surface area contributed by atoms with Crippen LogP contribution in [0.25, 0.3) is 0 Å². The van der Waals surface area contributed by atoms with Crippen molar-refractivity contribution in [3.8, 4) is 0 Å². The van der Waals surface area contributed by atoms with Gasteiger partial charge in [-0.2, -0.15) is 11.8 Å². The van der Waals surface area contributed by atoms with Crippen molar-refractivity contribution in [2.45, 2.75) is 60.4 Å². The van der Waals surface area contributed by atoms with Gasteiger partial charge in [-0.1, -0.05) is 38.5 Å². The second-order valence-electron chi connectivity index (χ2n) is 6.58. The van der Waals surface area contributed by atoms with E-state index >= 15 is 0 Å². The molecule has 0 saturated carbocycles. The minimum Gasteiger partial charge on any atom is -0.309 e. The van der Waals surface area contributed by atoms with E-state index in [1.807, 2.05) is 0 Å². The first-order valence-corrected chi connectivity index (χ1v) is 9.50. The summed E-state index contributed by atoms with van der Waals surface area (Å²) in [5, 5.41) is 3.75. The topological polar surface area (TPSA) is 12.0 Å². The Labute approximate surface area is 136 Å². The lowest BCUT2D eigenvalue weighted by atomic mass is 9.95. The highest BCUT2D eigenvalue weighted by atomic mass is 32.2. The summed E-state index contributed by atoms with van der Waals surface area (Å²) in [6.45, 7) is 14.7. The largest absolute Gasteiger partial charge is 0.309 e. The van der Waals surface area contributed by atoms with Crippen LogP contribution in [0.4, 0.5) is 0 Å². The Morgan fingerprint density at radius 2 is 1.71 bits per heavy atom. The molecule has 120 valence electrons. The molecule has 0 aliphatic rings. The molecule has 21 heavy (non-hydrogen) atoms. The summed E-state index contributed by atoms with van der Waals surface area (Å²) in [5.74, 6) is 3.26. The lowest BCUT2D eigenvalue weighted by Gasteiger charge is -2.23. The van der Waals surface area contributed by atoms with Crippen molar-refractivity contribution in [3.63, 3.8) is 0 Å². The Morgan fingerprint density at radius 1 is 1.10 bits per heavy atom. The van der Waals surface area contributed by atoms with E-state index in [-0.39, 0.29) is 0 Å². The third kappa shape index (κ3) is 6.44. The van der Waals surface area contributed by atoms with Crippen LogP contribution in [0.3, 0.4) is 0 Å². The van der Waals surface area contributed by atoms with Crippen molar-refractivity contribution >= 4 is 11.8 Å². The van der Waals surface area contributed by atoms with Gasteiger partial charge in [-0.15, -0.1) is 0 Å². The summed E-state index contributed by atoms with van der Waals surface area (Å²) in [7, 11) is 0. The van der Waals surface area contributed by atoms with E-state index in [9.17, 15) is 0 Å². The number of benzene rings is 1. The van der Waals surface area contributed by atoms with Gasteiger partial charge in [0.15, 0.2) is 0 Å². The van der Waals surface area contributed by atoms with E-state index in [0.717, 1.165) is 12.5 Å². The summed E-state index contributed by atoms with van der Waals surface area (Å²) in [5.41, 5.74) is 5.76. The zero-order chi connectivity index (χ0) is 15.8. The molecule has 1 nitrogen and oxygen atoms in total. The van der Waals surface area contributed by atoms with Crippen LogP contribution in [0.1, 0.15) is 61.9 Å². The summed E-state index contributed by atoms with van der Waals surface area (Å²) < 4.78 is 0. The molecule has 0 fully saturated rings. The van der Waals surface area contributed by atoms with Crippen LogP contribution in [0.5, 0.6) is 0 Å². The van der Waals surface area contributed by atoms with Crippen molar-refractivity contribution in [1.82, 2.24) is 5.32 Å². The predicted octanol–water partition coefficient (Wildman–Crippen LogP) is 5.43. The summed E-state index contributed by atoms with van der Waals surface area (Å²) in [6.07, 6.45) is 2.51. The van der Waals surface area contributed by atoms with Crippen molar-refractivity contribution in [2.24, 2.45) is 5.92 Å². The Kier molecular flexibility index (Phi) is 8.43. The Hall–Kier alpha value is -0.470. The average Bonchev–Trinajstić information content (AvgIpc) is 2.38. The molecule has 0 heterocycles. The summed E-state index contributed by atoms with van der Waals surface area (Å²) in [6, 6.07) is 5.13. The van der Waals surface area contributed by atoms with Crippen LogP contribution >= 0.6 is 11.8 Å². The van der Waals surface area contributed by atoms with E-state index in [1.54, 1.807) is 0 Å². The van der Waals surface area contributed by atoms with Gasteiger partial charge in [0.1, 0.15) is 0 Å². The maximum absolute atomic E-state index is 3.75. The molecule has 1 atom stereocenters. The van der Waals surface area contributed by atoms with Crippen LogP contribution < -0.4 is 5.32 Å². The molecule has 0 spiro atoms. The third-order valence-corrected chi connectivity index (χ3v) is 4.94. The fourth-order valence-electron chi connectivity index (χ4n) is 2.82. The molecule has 0 aliphatic carbocycles. The van der Waals surface area contributed by atoms with E-state index in [1.165, 1.54) is 46.6 Å². The fraction of sp³-hybridized carbons (Fsp3) is 0.684. The Morgan fingerprint density at radius 3 is 2.24 bits per heavy atom. The van der Waals surface area contributed by atoms with Crippen LogP contribution in [0, 0.1) is 26.7 Å². The first-order valence-electron chi connectivity index (χ1n) is 8.34. The van der Waals surface area contributed by atoms with Gasteiger partial charge in [-0.3, -0.25) is 0 Å². The van der Waals surface area contributed by atoms with Gasteiger partial charge < -0.3 is 5.32 Å². The molecule has 1 aromatic carbocycles. The number of nitrogens with one attached hydrogen (secondary N) is 1. The van der Waals surface area contributed by atoms with Gasteiger partial charge >= 0.3 is 0 Å². The number of rotatable bonds is 9. The van der Waals surface area contributed by atoms with Gasteiger partial charge in [0.2, 0.25) is 0 Å². The van der Waals surface area contributed by atoms with Crippen LogP contribution in [-0.2, 0) is 0 Å². The van der Waals surface area contributed by atoms with E-state index in [4.69, 9.17) is 0 Å². The van der Waals surface area contributed by atoms with Crippen molar-refractivity contribution in [3.05, 3.63) is 34.4 Å². The Bertz CT molecular complexity index is 403. The third-order valence-electron chi connectivity index (χ3n) is 3.85. The maximum atomic E-state index is 3.75. The average molecular weight is 308 g/mol. The molecule has 1 N–H and O–H groups in total. The molecule has 0 amide bonds. The molecular weight excluding hydrogens is 274 g/mol. The van der Waals surface area contributed by atoms with Gasteiger partial charge in [-0.05, 0) is 68.5 Å². The lowest BCUT2D eigenvalue weighted by Crippen LogP contribution is -2.26. The summed E-state index contributed by atoms with van der Waals surface area (Å²) >= 11 is 2.09. The number of hydrogen-bond acceptors (Lipinski definition) is 2. The first-order chi connectivity index (χ1) is 9.95. The standard InChI is InChI=1S/C19H33NS/c1-7-9-20-18(13-21-10-8-14(2)3)19-16(5)11-15(4)12-17(19)6/h11-12,14,18,20H,7-10,13H2,1-6H3. The number of thioether (sulfide) groups is 1.